The number of ether oxygens (including phenoxy) is 1. The fourth-order valence-electron chi connectivity index (χ4n) is 4.37. The molecule has 0 aliphatic heterocycles. The molecular weight excluding hydrogens is 400 g/mol. The summed E-state index contributed by atoms with van der Waals surface area (Å²) in [5, 5.41) is 13.7. The highest BCUT2D eigenvalue weighted by Crippen LogP contribution is 2.36. The number of carbonyl (C=O) groups excluding carboxylic acids is 1. The standard InChI is InChI=1S/C26H24N4O2/c1-3-20-24(19-11-7-8-12-23(19)32-2)26-28-27-25-21(30(26)29-20)15-18(16-22(25)31)14-13-17-9-5-4-6-10-17/h4-14,18H,3,15-16H2,1-2H3/b14-13+. The highest BCUT2D eigenvalue weighted by Gasteiger charge is 2.30. The van der Waals surface area contributed by atoms with Gasteiger partial charge in [-0.15, -0.1) is 10.2 Å². The number of carbonyl (C=O) groups is 1. The molecule has 0 spiro atoms. The van der Waals surface area contributed by atoms with E-state index in [1.54, 1.807) is 7.11 Å². The fraction of sp³-hybridized carbons (Fsp3) is 0.231. The third-order valence-corrected chi connectivity index (χ3v) is 5.95. The van der Waals surface area contributed by atoms with Gasteiger partial charge >= 0.3 is 0 Å². The summed E-state index contributed by atoms with van der Waals surface area (Å²) in [6, 6.07) is 18.0. The highest BCUT2D eigenvalue weighted by atomic mass is 16.5. The summed E-state index contributed by atoms with van der Waals surface area (Å²) in [4.78, 5) is 12.9. The number of ketones is 1. The summed E-state index contributed by atoms with van der Waals surface area (Å²) in [6.45, 7) is 2.07. The molecule has 0 bridgehead atoms. The zero-order valence-corrected chi connectivity index (χ0v) is 18.2. The van der Waals surface area contributed by atoms with Crippen LogP contribution in [0.2, 0.25) is 0 Å². The molecule has 1 aliphatic carbocycles. The number of methoxy groups -OCH3 is 1. The van der Waals surface area contributed by atoms with Gasteiger partial charge in [0, 0.05) is 12.0 Å². The summed E-state index contributed by atoms with van der Waals surface area (Å²) >= 11 is 0. The van der Waals surface area contributed by atoms with Gasteiger partial charge < -0.3 is 4.74 Å². The molecule has 6 nitrogen and oxygen atoms in total. The van der Waals surface area contributed by atoms with Gasteiger partial charge in [-0.25, -0.2) is 4.52 Å². The number of allylic oxidation sites excluding steroid dienone is 1. The summed E-state index contributed by atoms with van der Waals surface area (Å²) in [5.41, 5.74) is 5.78. The number of hydrogen-bond donors (Lipinski definition) is 0. The average molecular weight is 425 g/mol. The molecule has 2 aromatic heterocycles. The van der Waals surface area contributed by atoms with Crippen molar-refractivity contribution in [1.29, 1.82) is 0 Å². The number of benzene rings is 2. The monoisotopic (exact) mass is 424 g/mol. The molecule has 32 heavy (non-hydrogen) atoms. The molecule has 5 rings (SSSR count). The molecule has 2 aromatic carbocycles. The van der Waals surface area contributed by atoms with Crippen LogP contribution in [0.4, 0.5) is 0 Å². The van der Waals surface area contributed by atoms with Crippen LogP contribution in [0, 0.1) is 5.92 Å². The van der Waals surface area contributed by atoms with Crippen LogP contribution in [-0.2, 0) is 12.8 Å². The van der Waals surface area contributed by atoms with Crippen LogP contribution < -0.4 is 4.74 Å². The lowest BCUT2D eigenvalue weighted by Gasteiger charge is -2.20. The first-order valence-corrected chi connectivity index (χ1v) is 10.9. The van der Waals surface area contributed by atoms with Crippen molar-refractivity contribution >= 4 is 17.5 Å². The van der Waals surface area contributed by atoms with E-state index >= 15 is 0 Å². The molecule has 1 aliphatic rings. The van der Waals surface area contributed by atoms with E-state index in [0.29, 0.717) is 24.2 Å². The molecule has 1 unspecified atom stereocenters. The maximum atomic E-state index is 12.9. The van der Waals surface area contributed by atoms with E-state index in [4.69, 9.17) is 9.84 Å². The molecule has 2 heterocycles. The van der Waals surface area contributed by atoms with Gasteiger partial charge in [0.05, 0.1) is 24.1 Å². The van der Waals surface area contributed by atoms with Gasteiger partial charge in [-0.05, 0) is 30.4 Å². The Balaban J connectivity index is 1.61. The molecular formula is C26H24N4O2. The molecule has 0 N–H and O–H groups in total. The zero-order chi connectivity index (χ0) is 22.1. The Bertz CT molecular complexity index is 1320. The lowest BCUT2D eigenvalue weighted by atomic mass is 9.88. The maximum absolute atomic E-state index is 12.9. The molecule has 160 valence electrons. The van der Waals surface area contributed by atoms with Gasteiger partial charge in [0.2, 0.25) is 0 Å². The lowest BCUT2D eigenvalue weighted by Crippen LogP contribution is -2.24. The van der Waals surface area contributed by atoms with Crippen LogP contribution >= 0.6 is 0 Å². The summed E-state index contributed by atoms with van der Waals surface area (Å²) in [6.07, 6.45) is 6.05. The van der Waals surface area contributed by atoms with Crippen molar-refractivity contribution in [3.05, 3.63) is 83.3 Å². The van der Waals surface area contributed by atoms with Crippen molar-refractivity contribution in [3.8, 4) is 16.9 Å². The van der Waals surface area contributed by atoms with E-state index in [9.17, 15) is 4.79 Å². The van der Waals surface area contributed by atoms with Gasteiger partial charge in [0.25, 0.3) is 0 Å². The van der Waals surface area contributed by atoms with Crippen molar-refractivity contribution in [2.24, 2.45) is 5.92 Å². The number of nitrogens with zero attached hydrogens (tertiary/aromatic N) is 4. The molecule has 0 saturated carbocycles. The second-order valence-electron chi connectivity index (χ2n) is 7.97. The average Bonchev–Trinajstić information content (AvgIpc) is 3.22. The zero-order valence-electron chi connectivity index (χ0n) is 18.2. The van der Waals surface area contributed by atoms with Crippen LogP contribution in [0.5, 0.6) is 5.75 Å². The van der Waals surface area contributed by atoms with Crippen molar-refractivity contribution < 1.29 is 9.53 Å². The van der Waals surface area contributed by atoms with E-state index in [0.717, 1.165) is 40.2 Å². The molecule has 4 aromatic rings. The quantitative estimate of drug-likeness (QED) is 0.459. The van der Waals surface area contributed by atoms with Gasteiger partial charge in [-0.2, -0.15) is 5.10 Å². The van der Waals surface area contributed by atoms with E-state index < -0.39 is 0 Å². The normalized spacial score (nSPS) is 15.9. The largest absolute Gasteiger partial charge is 0.496 e. The van der Waals surface area contributed by atoms with E-state index in [1.165, 1.54) is 0 Å². The van der Waals surface area contributed by atoms with E-state index in [2.05, 4.69) is 41.4 Å². The molecule has 0 saturated heterocycles. The van der Waals surface area contributed by atoms with Crippen molar-refractivity contribution in [2.45, 2.75) is 26.2 Å². The maximum Gasteiger partial charge on any atom is 0.185 e. The second kappa shape index (κ2) is 8.38. The Morgan fingerprint density at radius 1 is 1.06 bits per heavy atom. The lowest BCUT2D eigenvalue weighted by molar-refractivity contribution is 0.0950. The van der Waals surface area contributed by atoms with Gasteiger partial charge in [0.1, 0.15) is 5.75 Å². The van der Waals surface area contributed by atoms with Crippen LogP contribution in [0.15, 0.2) is 60.7 Å². The van der Waals surface area contributed by atoms with Gasteiger partial charge in [-0.1, -0.05) is 67.6 Å². The molecule has 6 heteroatoms. The molecule has 0 fully saturated rings. The molecule has 0 radical (unpaired) electrons. The first-order valence-electron chi connectivity index (χ1n) is 10.9. The Morgan fingerprint density at radius 2 is 1.84 bits per heavy atom. The fourth-order valence-corrected chi connectivity index (χ4v) is 4.37. The first-order chi connectivity index (χ1) is 15.7. The third-order valence-electron chi connectivity index (χ3n) is 5.95. The smallest absolute Gasteiger partial charge is 0.185 e. The van der Waals surface area contributed by atoms with Crippen LogP contribution in [-0.4, -0.2) is 32.7 Å². The number of rotatable bonds is 5. The number of fused-ring (bicyclic) bond motifs is 3. The molecule has 1 atom stereocenters. The van der Waals surface area contributed by atoms with Crippen LogP contribution in [0.3, 0.4) is 0 Å². The minimum absolute atomic E-state index is 0.00996. The summed E-state index contributed by atoms with van der Waals surface area (Å²) in [7, 11) is 1.66. The Labute approximate surface area is 186 Å². The Kier molecular flexibility index (Phi) is 5.27. The third kappa shape index (κ3) is 3.47. The topological polar surface area (TPSA) is 69.4 Å². The number of para-hydroxylation sites is 1. The summed E-state index contributed by atoms with van der Waals surface area (Å²) in [5.74, 6) is 0.860. The van der Waals surface area contributed by atoms with E-state index in [1.807, 2.05) is 47.0 Å². The predicted octanol–water partition coefficient (Wildman–Crippen LogP) is 4.82. The number of hydrogen-bond acceptors (Lipinski definition) is 5. The first kappa shape index (κ1) is 20.1. The van der Waals surface area contributed by atoms with Gasteiger partial charge in [-0.3, -0.25) is 4.79 Å². The minimum Gasteiger partial charge on any atom is -0.496 e. The second-order valence-corrected chi connectivity index (χ2v) is 7.97. The SMILES string of the molecule is CCc1nn2c3c(nnc2c1-c1ccccc1OC)C(=O)CC(/C=C/c1ccccc1)C3. The number of Topliss-reactive ketones (excluding diaryl/α,β-unsaturated/α-hetero) is 1. The predicted molar refractivity (Wildman–Crippen MR) is 124 cm³/mol. The Hall–Kier alpha value is -3.80. The molecule has 0 amide bonds. The van der Waals surface area contributed by atoms with Crippen molar-refractivity contribution in [2.75, 3.05) is 7.11 Å². The highest BCUT2D eigenvalue weighted by molar-refractivity contribution is 5.97. The van der Waals surface area contributed by atoms with Crippen LogP contribution in [0.1, 0.15) is 40.8 Å². The van der Waals surface area contributed by atoms with Crippen molar-refractivity contribution in [3.63, 3.8) is 0 Å². The van der Waals surface area contributed by atoms with E-state index in [-0.39, 0.29) is 11.7 Å². The number of aromatic nitrogens is 4. The van der Waals surface area contributed by atoms with Crippen LogP contribution in [0.25, 0.3) is 22.9 Å². The Morgan fingerprint density at radius 3 is 2.62 bits per heavy atom. The van der Waals surface area contributed by atoms with Crippen molar-refractivity contribution in [1.82, 2.24) is 19.8 Å². The number of aryl methyl sites for hydroxylation is 1. The summed E-state index contributed by atoms with van der Waals surface area (Å²) < 4.78 is 7.41. The van der Waals surface area contributed by atoms with Gasteiger partial charge in [0.15, 0.2) is 17.1 Å². The minimum atomic E-state index is 0.00996.